The SMILES string of the molecule is CCCCCc1ccc(C#Cc2ccc(-c3nnc(-c4ccc(C#Cc5ccc(CCCCC)cc5)cc4)o3)cc2)cc1. The van der Waals surface area contributed by atoms with E-state index in [9.17, 15) is 0 Å². The third kappa shape index (κ3) is 8.81. The van der Waals surface area contributed by atoms with Gasteiger partial charge in [0, 0.05) is 33.4 Å². The Hall–Kier alpha value is -4.86. The van der Waals surface area contributed by atoms with Gasteiger partial charge in [0.2, 0.25) is 11.8 Å². The smallest absolute Gasteiger partial charge is 0.248 e. The molecule has 1 heterocycles. The molecule has 0 unspecified atom stereocenters. The fourth-order valence-electron chi connectivity index (χ4n) is 4.81. The molecular formula is C40H38N2O. The summed E-state index contributed by atoms with van der Waals surface area (Å²) in [5, 5.41) is 8.54. The molecule has 3 heteroatoms. The first kappa shape index (κ1) is 29.6. The minimum absolute atomic E-state index is 0.482. The maximum atomic E-state index is 5.99. The van der Waals surface area contributed by atoms with E-state index in [0.29, 0.717) is 11.8 Å². The molecule has 0 fully saturated rings. The molecule has 5 aromatic rings. The molecule has 0 atom stereocenters. The topological polar surface area (TPSA) is 38.9 Å². The second-order valence-corrected chi connectivity index (χ2v) is 10.9. The molecule has 0 bridgehead atoms. The van der Waals surface area contributed by atoms with Crippen molar-refractivity contribution in [3.05, 3.63) is 130 Å². The predicted molar refractivity (Wildman–Crippen MR) is 176 cm³/mol. The molecule has 0 saturated carbocycles. The van der Waals surface area contributed by atoms with Crippen LogP contribution in [0.5, 0.6) is 0 Å². The van der Waals surface area contributed by atoms with Gasteiger partial charge in [0.25, 0.3) is 0 Å². The molecule has 5 rings (SSSR count). The Kier molecular flexibility index (Phi) is 10.6. The van der Waals surface area contributed by atoms with Gasteiger partial charge in [0.15, 0.2) is 0 Å². The molecule has 0 aliphatic carbocycles. The number of hydrogen-bond donors (Lipinski definition) is 0. The monoisotopic (exact) mass is 562 g/mol. The summed E-state index contributed by atoms with van der Waals surface area (Å²) in [6.45, 7) is 4.47. The second kappa shape index (κ2) is 15.4. The lowest BCUT2D eigenvalue weighted by Crippen LogP contribution is -1.85. The van der Waals surface area contributed by atoms with E-state index < -0.39 is 0 Å². The molecule has 3 nitrogen and oxygen atoms in total. The Morgan fingerprint density at radius 2 is 0.767 bits per heavy atom. The Morgan fingerprint density at radius 3 is 1.09 bits per heavy atom. The van der Waals surface area contributed by atoms with Gasteiger partial charge < -0.3 is 4.42 Å². The summed E-state index contributed by atoms with van der Waals surface area (Å²) in [6, 6.07) is 33.0. The van der Waals surface area contributed by atoms with Gasteiger partial charge in [-0.3, -0.25) is 0 Å². The predicted octanol–water partition coefficient (Wildman–Crippen LogP) is 9.67. The molecule has 0 spiro atoms. The number of aromatic nitrogens is 2. The van der Waals surface area contributed by atoms with Crippen LogP contribution in [0.2, 0.25) is 0 Å². The van der Waals surface area contributed by atoms with Crippen LogP contribution in [0.4, 0.5) is 0 Å². The first-order chi connectivity index (χ1) is 21.2. The Morgan fingerprint density at radius 1 is 0.442 bits per heavy atom. The molecule has 0 aliphatic rings. The number of nitrogens with zero attached hydrogens (tertiary/aromatic N) is 2. The van der Waals surface area contributed by atoms with Crippen LogP contribution >= 0.6 is 0 Å². The van der Waals surface area contributed by atoms with Crippen molar-refractivity contribution in [2.45, 2.75) is 65.2 Å². The van der Waals surface area contributed by atoms with Gasteiger partial charge in [-0.2, -0.15) is 0 Å². The van der Waals surface area contributed by atoms with E-state index in [-0.39, 0.29) is 0 Å². The molecule has 0 N–H and O–H groups in total. The van der Waals surface area contributed by atoms with Crippen molar-refractivity contribution in [1.82, 2.24) is 10.2 Å². The van der Waals surface area contributed by atoms with Crippen LogP contribution in [0.15, 0.2) is 101 Å². The Bertz CT molecular complexity index is 1570. The number of hydrogen-bond acceptors (Lipinski definition) is 3. The van der Waals surface area contributed by atoms with Gasteiger partial charge in [-0.25, -0.2) is 0 Å². The first-order valence-electron chi connectivity index (χ1n) is 15.5. The zero-order valence-corrected chi connectivity index (χ0v) is 25.2. The lowest BCUT2D eigenvalue weighted by Gasteiger charge is -2.00. The van der Waals surface area contributed by atoms with E-state index in [4.69, 9.17) is 4.42 Å². The highest BCUT2D eigenvalue weighted by Crippen LogP contribution is 2.24. The fraction of sp³-hybridized carbons (Fsp3) is 0.250. The largest absolute Gasteiger partial charge is 0.416 e. The van der Waals surface area contributed by atoms with Crippen molar-refractivity contribution in [3.8, 4) is 46.6 Å². The molecule has 0 aliphatic heterocycles. The van der Waals surface area contributed by atoms with E-state index >= 15 is 0 Å². The number of unbranched alkanes of at least 4 members (excludes halogenated alkanes) is 4. The van der Waals surface area contributed by atoms with E-state index in [0.717, 1.165) is 46.2 Å². The van der Waals surface area contributed by atoms with Gasteiger partial charge in [0.05, 0.1) is 0 Å². The highest BCUT2D eigenvalue weighted by atomic mass is 16.4. The molecule has 0 saturated heterocycles. The lowest BCUT2D eigenvalue weighted by molar-refractivity contribution is 0.584. The van der Waals surface area contributed by atoms with Crippen LogP contribution in [0.1, 0.15) is 85.8 Å². The van der Waals surface area contributed by atoms with Crippen LogP contribution in [0.3, 0.4) is 0 Å². The molecule has 1 aromatic heterocycles. The van der Waals surface area contributed by atoms with Crippen LogP contribution in [0, 0.1) is 23.7 Å². The zero-order chi connectivity index (χ0) is 29.7. The van der Waals surface area contributed by atoms with Crippen molar-refractivity contribution in [2.75, 3.05) is 0 Å². The number of benzene rings is 4. The molecule has 0 radical (unpaired) electrons. The number of rotatable bonds is 10. The van der Waals surface area contributed by atoms with Crippen molar-refractivity contribution in [1.29, 1.82) is 0 Å². The van der Waals surface area contributed by atoms with Gasteiger partial charge in [-0.05, 0) is 110 Å². The summed E-state index contributed by atoms with van der Waals surface area (Å²) in [7, 11) is 0. The summed E-state index contributed by atoms with van der Waals surface area (Å²) in [6.07, 6.45) is 9.80. The Balaban J connectivity index is 1.17. The third-order valence-electron chi connectivity index (χ3n) is 7.44. The zero-order valence-electron chi connectivity index (χ0n) is 25.2. The highest BCUT2D eigenvalue weighted by molar-refractivity contribution is 5.60. The van der Waals surface area contributed by atoms with E-state index in [1.54, 1.807) is 0 Å². The molecule has 43 heavy (non-hydrogen) atoms. The quantitative estimate of drug-likeness (QED) is 0.126. The van der Waals surface area contributed by atoms with Gasteiger partial charge >= 0.3 is 0 Å². The van der Waals surface area contributed by atoms with Gasteiger partial charge in [-0.15, -0.1) is 10.2 Å². The summed E-state index contributed by atoms with van der Waals surface area (Å²) in [5.74, 6) is 14.0. The minimum Gasteiger partial charge on any atom is -0.416 e. The van der Waals surface area contributed by atoms with Crippen molar-refractivity contribution in [2.24, 2.45) is 0 Å². The van der Waals surface area contributed by atoms with Crippen molar-refractivity contribution in [3.63, 3.8) is 0 Å². The summed E-state index contributed by atoms with van der Waals surface area (Å²) < 4.78 is 5.99. The van der Waals surface area contributed by atoms with Crippen LogP contribution < -0.4 is 0 Å². The van der Waals surface area contributed by atoms with Crippen molar-refractivity contribution >= 4 is 0 Å². The fourth-order valence-corrected chi connectivity index (χ4v) is 4.81. The normalized spacial score (nSPS) is 10.5. The molecular weight excluding hydrogens is 524 g/mol. The average Bonchev–Trinajstić information content (AvgIpc) is 3.55. The summed E-state index contributed by atoms with van der Waals surface area (Å²) >= 11 is 0. The standard InChI is InChI=1S/C40H38N2O/c1-3-5-7-9-31-11-15-33(16-12-31)19-21-35-23-27-37(28-24-35)39-41-42-40(43-39)38-29-25-36(26-30-38)22-20-34-17-13-32(14-18-34)10-8-6-4-2/h11-18,23-30H,3-10H2,1-2H3. The summed E-state index contributed by atoms with van der Waals surface area (Å²) in [5.41, 5.74) is 8.40. The Labute approximate surface area is 256 Å². The second-order valence-electron chi connectivity index (χ2n) is 10.9. The lowest BCUT2D eigenvalue weighted by atomic mass is 10.1. The average molecular weight is 563 g/mol. The van der Waals surface area contributed by atoms with E-state index in [2.05, 4.69) is 96.3 Å². The number of aryl methyl sites for hydroxylation is 2. The van der Waals surface area contributed by atoms with Crippen LogP contribution in [-0.4, -0.2) is 10.2 Å². The van der Waals surface area contributed by atoms with Gasteiger partial charge in [0.1, 0.15) is 0 Å². The maximum Gasteiger partial charge on any atom is 0.248 e. The first-order valence-corrected chi connectivity index (χ1v) is 15.5. The van der Waals surface area contributed by atoms with Gasteiger partial charge in [-0.1, -0.05) is 87.5 Å². The third-order valence-corrected chi connectivity index (χ3v) is 7.44. The maximum absolute atomic E-state index is 5.99. The van der Waals surface area contributed by atoms with E-state index in [1.165, 1.54) is 49.7 Å². The molecule has 0 amide bonds. The molecule has 4 aromatic carbocycles. The molecule has 214 valence electrons. The minimum atomic E-state index is 0.482. The highest BCUT2D eigenvalue weighted by Gasteiger charge is 2.10. The van der Waals surface area contributed by atoms with Crippen molar-refractivity contribution < 1.29 is 4.42 Å². The summed E-state index contributed by atoms with van der Waals surface area (Å²) in [4.78, 5) is 0. The van der Waals surface area contributed by atoms with Crippen LogP contribution in [0.25, 0.3) is 22.9 Å². The van der Waals surface area contributed by atoms with Crippen LogP contribution in [-0.2, 0) is 12.8 Å². The van der Waals surface area contributed by atoms with E-state index in [1.807, 2.05) is 48.5 Å².